The molecule has 3 aromatic rings. The van der Waals surface area contributed by atoms with E-state index < -0.39 is 17.6 Å². The van der Waals surface area contributed by atoms with Crippen molar-refractivity contribution < 1.29 is 22.8 Å². The van der Waals surface area contributed by atoms with Crippen LogP contribution in [0.2, 0.25) is 0 Å². The Balaban J connectivity index is 1.99. The molecule has 28 heavy (non-hydrogen) atoms. The van der Waals surface area contributed by atoms with E-state index in [9.17, 15) is 18.0 Å². The number of carbonyl (C=O) groups excluding carboxylic acids is 1. The van der Waals surface area contributed by atoms with E-state index in [2.05, 4.69) is 15.3 Å². The highest BCUT2D eigenvalue weighted by molar-refractivity contribution is 5.97. The first-order chi connectivity index (χ1) is 13.3. The Morgan fingerprint density at radius 1 is 1.21 bits per heavy atom. The van der Waals surface area contributed by atoms with Crippen molar-refractivity contribution in [2.24, 2.45) is 0 Å². The predicted molar refractivity (Wildman–Crippen MR) is 92.9 cm³/mol. The van der Waals surface area contributed by atoms with Gasteiger partial charge in [-0.25, -0.2) is 9.75 Å². The lowest BCUT2D eigenvalue weighted by atomic mass is 10.1. The van der Waals surface area contributed by atoms with Crippen LogP contribution in [0.5, 0.6) is 0 Å². The molecule has 0 bridgehead atoms. The molecule has 0 saturated carbocycles. The maximum atomic E-state index is 12.7. The van der Waals surface area contributed by atoms with Gasteiger partial charge in [0.25, 0.3) is 5.91 Å². The first-order valence-corrected chi connectivity index (χ1v) is 8.13. The summed E-state index contributed by atoms with van der Waals surface area (Å²) in [4.78, 5) is 21.5. The van der Waals surface area contributed by atoms with Crippen LogP contribution in [-0.4, -0.2) is 45.1 Å². The third-order valence-electron chi connectivity index (χ3n) is 4.05. The van der Waals surface area contributed by atoms with Gasteiger partial charge < -0.3 is 0 Å². The van der Waals surface area contributed by atoms with Gasteiger partial charge in [0.2, 0.25) is 0 Å². The number of nitrogens with zero attached hydrogens (tertiary/aromatic N) is 5. The number of benzene rings is 1. The number of alkyl halides is 3. The zero-order valence-corrected chi connectivity index (χ0v) is 15.0. The van der Waals surface area contributed by atoms with E-state index in [0.717, 1.165) is 17.2 Å². The van der Waals surface area contributed by atoms with Gasteiger partial charge in [0, 0.05) is 25.0 Å². The number of rotatable bonds is 5. The molecule has 1 amide bonds. The molecule has 0 unspecified atom stereocenters. The van der Waals surface area contributed by atoms with Crippen molar-refractivity contribution in [3.05, 3.63) is 65.6 Å². The molecule has 10 heteroatoms. The van der Waals surface area contributed by atoms with Crippen LogP contribution in [0.4, 0.5) is 13.2 Å². The Labute approximate surface area is 158 Å². The zero-order chi connectivity index (χ0) is 20.3. The molecule has 2 heterocycles. The maximum absolute atomic E-state index is 12.7. The lowest BCUT2D eigenvalue weighted by molar-refractivity contribution is -0.137. The van der Waals surface area contributed by atoms with Gasteiger partial charge in [-0.1, -0.05) is 17.3 Å². The molecular formula is C18H16F3N5O2. The summed E-state index contributed by atoms with van der Waals surface area (Å²) in [6, 6.07) is 8.15. The van der Waals surface area contributed by atoms with E-state index in [1.165, 1.54) is 31.0 Å². The third-order valence-corrected chi connectivity index (χ3v) is 4.05. The summed E-state index contributed by atoms with van der Waals surface area (Å²) < 4.78 is 39.7. The second kappa shape index (κ2) is 7.77. The van der Waals surface area contributed by atoms with E-state index in [1.54, 1.807) is 24.5 Å². The molecular weight excluding hydrogens is 375 g/mol. The van der Waals surface area contributed by atoms with Crippen LogP contribution in [0.3, 0.4) is 0 Å². The molecule has 0 aliphatic heterocycles. The van der Waals surface area contributed by atoms with E-state index in [0.29, 0.717) is 16.8 Å². The average Bonchev–Trinajstić information content (AvgIpc) is 3.10. The highest BCUT2D eigenvalue weighted by Gasteiger charge is 2.30. The van der Waals surface area contributed by atoms with Crippen molar-refractivity contribution >= 4 is 5.91 Å². The second-order valence-electron chi connectivity index (χ2n) is 5.87. The number of hydroxylamine groups is 2. The molecule has 0 N–H and O–H groups in total. The summed E-state index contributed by atoms with van der Waals surface area (Å²) in [5.74, 6) is -0.514. The first kappa shape index (κ1) is 19.5. The van der Waals surface area contributed by atoms with E-state index >= 15 is 0 Å². The summed E-state index contributed by atoms with van der Waals surface area (Å²) >= 11 is 0. The molecule has 146 valence electrons. The van der Waals surface area contributed by atoms with Crippen LogP contribution >= 0.6 is 0 Å². The summed E-state index contributed by atoms with van der Waals surface area (Å²) in [6.45, 7) is 0.124. The summed E-state index contributed by atoms with van der Waals surface area (Å²) in [6.07, 6.45) is -1.28. The van der Waals surface area contributed by atoms with Crippen LogP contribution in [-0.2, 0) is 17.6 Å². The average molecular weight is 391 g/mol. The quantitative estimate of drug-likeness (QED) is 0.625. The SMILES string of the molecule is CON(C)C(=O)c1nnn(Cc2ccc(C(F)(F)F)cc2)c1-c1cccnc1. The maximum Gasteiger partial charge on any atom is 0.416 e. The van der Waals surface area contributed by atoms with Crippen molar-refractivity contribution in [3.63, 3.8) is 0 Å². The Morgan fingerprint density at radius 2 is 1.93 bits per heavy atom. The van der Waals surface area contributed by atoms with E-state index in [1.807, 2.05) is 0 Å². The van der Waals surface area contributed by atoms with Gasteiger partial charge in [-0.2, -0.15) is 13.2 Å². The summed E-state index contributed by atoms with van der Waals surface area (Å²) in [5.41, 5.74) is 0.862. The molecule has 0 aliphatic rings. The normalized spacial score (nSPS) is 11.5. The molecule has 2 aromatic heterocycles. The highest BCUT2D eigenvalue weighted by atomic mass is 19.4. The molecule has 0 fully saturated rings. The van der Waals surface area contributed by atoms with Crippen molar-refractivity contribution in [2.75, 3.05) is 14.2 Å². The van der Waals surface area contributed by atoms with Crippen LogP contribution in [0.1, 0.15) is 21.6 Å². The minimum Gasteiger partial charge on any atom is -0.274 e. The largest absolute Gasteiger partial charge is 0.416 e. The highest BCUT2D eigenvalue weighted by Crippen LogP contribution is 2.29. The van der Waals surface area contributed by atoms with Gasteiger partial charge in [-0.05, 0) is 29.8 Å². The van der Waals surface area contributed by atoms with Gasteiger partial charge in [-0.3, -0.25) is 14.6 Å². The lowest BCUT2D eigenvalue weighted by Crippen LogP contribution is -2.26. The fraction of sp³-hybridized carbons (Fsp3) is 0.222. The first-order valence-electron chi connectivity index (χ1n) is 8.13. The number of pyridine rings is 1. The Morgan fingerprint density at radius 3 is 2.50 bits per heavy atom. The standard InChI is InChI=1S/C18H16F3N5O2/c1-25(28-2)17(27)15-16(13-4-3-9-22-10-13)26(24-23-15)11-12-5-7-14(8-6-12)18(19,20)21/h3-10H,11H2,1-2H3. The smallest absolute Gasteiger partial charge is 0.274 e. The Bertz CT molecular complexity index is 956. The van der Waals surface area contributed by atoms with Crippen molar-refractivity contribution in [1.29, 1.82) is 0 Å². The number of aromatic nitrogens is 4. The molecule has 1 aromatic carbocycles. The molecule has 0 spiro atoms. The number of carbonyl (C=O) groups is 1. The minimum absolute atomic E-state index is 0.0456. The summed E-state index contributed by atoms with van der Waals surface area (Å²) in [7, 11) is 2.78. The molecule has 0 aliphatic carbocycles. The third kappa shape index (κ3) is 4.01. The lowest BCUT2D eigenvalue weighted by Gasteiger charge is -2.13. The zero-order valence-electron chi connectivity index (χ0n) is 15.0. The monoisotopic (exact) mass is 391 g/mol. The number of hydrogen-bond donors (Lipinski definition) is 0. The van der Waals surface area contributed by atoms with Crippen molar-refractivity contribution in [3.8, 4) is 11.3 Å². The van der Waals surface area contributed by atoms with Gasteiger partial charge in [0.15, 0.2) is 5.69 Å². The van der Waals surface area contributed by atoms with Crippen molar-refractivity contribution in [1.82, 2.24) is 25.0 Å². The topological polar surface area (TPSA) is 73.1 Å². The van der Waals surface area contributed by atoms with Crippen LogP contribution < -0.4 is 0 Å². The molecule has 0 atom stereocenters. The Hall–Kier alpha value is -3.27. The van der Waals surface area contributed by atoms with Gasteiger partial charge in [0.05, 0.1) is 19.2 Å². The number of amides is 1. The predicted octanol–water partition coefficient (Wildman–Crippen LogP) is 3.04. The number of hydrogen-bond acceptors (Lipinski definition) is 5. The second-order valence-corrected chi connectivity index (χ2v) is 5.87. The van der Waals surface area contributed by atoms with E-state index in [-0.39, 0.29) is 12.2 Å². The van der Waals surface area contributed by atoms with Gasteiger partial charge >= 0.3 is 6.18 Å². The van der Waals surface area contributed by atoms with Gasteiger partial charge in [-0.15, -0.1) is 5.10 Å². The number of halogens is 3. The molecule has 3 rings (SSSR count). The van der Waals surface area contributed by atoms with Crippen molar-refractivity contribution in [2.45, 2.75) is 12.7 Å². The molecule has 7 nitrogen and oxygen atoms in total. The fourth-order valence-corrected chi connectivity index (χ4v) is 2.56. The summed E-state index contributed by atoms with van der Waals surface area (Å²) in [5, 5.41) is 8.97. The van der Waals surface area contributed by atoms with E-state index in [4.69, 9.17) is 4.84 Å². The van der Waals surface area contributed by atoms with Gasteiger partial charge in [0.1, 0.15) is 5.69 Å². The molecule has 0 radical (unpaired) electrons. The minimum atomic E-state index is -4.41. The van der Waals surface area contributed by atoms with Crippen LogP contribution in [0, 0.1) is 0 Å². The Kier molecular flexibility index (Phi) is 5.41. The van der Waals surface area contributed by atoms with Crippen LogP contribution in [0.25, 0.3) is 11.3 Å². The fourth-order valence-electron chi connectivity index (χ4n) is 2.56. The molecule has 0 saturated heterocycles. The van der Waals surface area contributed by atoms with Crippen LogP contribution in [0.15, 0.2) is 48.8 Å².